The summed E-state index contributed by atoms with van der Waals surface area (Å²) in [4.78, 5) is 25.5. The van der Waals surface area contributed by atoms with Gasteiger partial charge >= 0.3 is 5.97 Å². The lowest BCUT2D eigenvalue weighted by Crippen LogP contribution is -2.29. The van der Waals surface area contributed by atoms with E-state index in [4.69, 9.17) is 27.9 Å². The van der Waals surface area contributed by atoms with E-state index in [-0.39, 0.29) is 29.4 Å². The maximum absolute atomic E-state index is 12.9. The van der Waals surface area contributed by atoms with Crippen LogP contribution in [0.3, 0.4) is 0 Å². The van der Waals surface area contributed by atoms with E-state index < -0.39 is 11.9 Å². The fourth-order valence-corrected chi connectivity index (χ4v) is 4.85. The van der Waals surface area contributed by atoms with Crippen molar-refractivity contribution in [1.82, 2.24) is 5.32 Å². The van der Waals surface area contributed by atoms with Crippen LogP contribution >= 0.6 is 35.0 Å². The number of dihydropyridines is 1. The van der Waals surface area contributed by atoms with E-state index in [1.807, 2.05) is 13.0 Å². The predicted octanol–water partition coefficient (Wildman–Crippen LogP) is 6.10. The molecule has 180 valence electrons. The summed E-state index contributed by atoms with van der Waals surface area (Å²) < 4.78 is 5.29. The number of carbonyl (C=O) groups excluding carboxylic acids is 2. The standard InChI is InChI=1S/C26H23Cl2N3O3S/c1-4-11-34-26(33)23-16(3)30-25(19(13-29)24(23)18-7-5-6-8-20(18)27)35-14-22(32)31-17-10-9-15(2)21(28)12-17/h4-10,12,24,30H,1,11,14H2,2-3H3,(H,31,32). The Bertz CT molecular complexity index is 1280. The van der Waals surface area contributed by atoms with E-state index in [9.17, 15) is 14.9 Å². The van der Waals surface area contributed by atoms with Crippen LogP contribution in [-0.2, 0) is 14.3 Å². The maximum atomic E-state index is 12.9. The van der Waals surface area contributed by atoms with Crippen LogP contribution in [0.1, 0.15) is 24.0 Å². The minimum atomic E-state index is -0.756. The van der Waals surface area contributed by atoms with Crippen LogP contribution in [-0.4, -0.2) is 24.2 Å². The molecule has 0 spiro atoms. The number of hydrogen-bond donors (Lipinski definition) is 2. The number of benzene rings is 2. The lowest BCUT2D eigenvalue weighted by Gasteiger charge is -2.29. The van der Waals surface area contributed by atoms with E-state index in [2.05, 4.69) is 23.3 Å². The molecule has 3 rings (SSSR count). The first kappa shape index (κ1) is 26.4. The van der Waals surface area contributed by atoms with Gasteiger partial charge in [0.15, 0.2) is 0 Å². The molecular weight excluding hydrogens is 505 g/mol. The number of halogens is 2. The van der Waals surface area contributed by atoms with Gasteiger partial charge in [0.25, 0.3) is 0 Å². The maximum Gasteiger partial charge on any atom is 0.337 e. The number of hydrogen-bond acceptors (Lipinski definition) is 6. The van der Waals surface area contributed by atoms with Crippen molar-refractivity contribution in [3.8, 4) is 6.07 Å². The van der Waals surface area contributed by atoms with Crippen LogP contribution in [0.2, 0.25) is 10.0 Å². The van der Waals surface area contributed by atoms with E-state index >= 15 is 0 Å². The van der Waals surface area contributed by atoms with Crippen LogP contribution in [0.25, 0.3) is 0 Å². The van der Waals surface area contributed by atoms with Gasteiger partial charge in [-0.2, -0.15) is 5.26 Å². The van der Waals surface area contributed by atoms with Crippen molar-refractivity contribution in [3.05, 3.63) is 98.2 Å². The van der Waals surface area contributed by atoms with Crippen molar-refractivity contribution in [2.75, 3.05) is 17.7 Å². The molecule has 35 heavy (non-hydrogen) atoms. The van der Waals surface area contributed by atoms with Crippen molar-refractivity contribution in [2.45, 2.75) is 19.8 Å². The second-order valence-electron chi connectivity index (χ2n) is 7.66. The highest BCUT2D eigenvalue weighted by molar-refractivity contribution is 8.03. The molecule has 2 N–H and O–H groups in total. The Balaban J connectivity index is 1.90. The zero-order valence-electron chi connectivity index (χ0n) is 19.2. The highest BCUT2D eigenvalue weighted by atomic mass is 35.5. The number of thioether (sulfide) groups is 1. The molecule has 1 heterocycles. The molecule has 0 bridgehead atoms. The molecule has 2 aromatic rings. The molecule has 1 amide bonds. The molecular formula is C26H23Cl2N3O3S. The van der Waals surface area contributed by atoms with Crippen LogP contribution in [0, 0.1) is 18.3 Å². The number of nitriles is 1. The average Bonchev–Trinajstić information content (AvgIpc) is 2.83. The molecule has 0 fully saturated rings. The monoisotopic (exact) mass is 527 g/mol. The SMILES string of the molecule is C=CCOC(=O)C1=C(C)NC(SCC(=O)Nc2ccc(C)c(Cl)c2)=C(C#N)C1c1ccccc1Cl. The number of ether oxygens (including phenoxy) is 1. The van der Waals surface area contributed by atoms with Gasteiger partial charge in [0.05, 0.1) is 33.9 Å². The summed E-state index contributed by atoms with van der Waals surface area (Å²) in [5.41, 5.74) is 3.13. The van der Waals surface area contributed by atoms with Crippen molar-refractivity contribution in [1.29, 1.82) is 5.26 Å². The molecule has 1 aliphatic heterocycles. The Hall–Kier alpha value is -3.18. The minimum absolute atomic E-state index is 0.0256. The first-order valence-electron chi connectivity index (χ1n) is 10.6. The third-order valence-electron chi connectivity index (χ3n) is 5.22. The van der Waals surface area contributed by atoms with Crippen LogP contribution < -0.4 is 10.6 Å². The molecule has 1 aliphatic rings. The summed E-state index contributed by atoms with van der Waals surface area (Å²) in [7, 11) is 0. The highest BCUT2D eigenvalue weighted by Gasteiger charge is 2.36. The quantitative estimate of drug-likeness (QED) is 0.318. The Morgan fingerprint density at radius 2 is 1.97 bits per heavy atom. The molecule has 9 heteroatoms. The van der Waals surface area contributed by atoms with E-state index in [1.54, 1.807) is 43.3 Å². The highest BCUT2D eigenvalue weighted by Crippen LogP contribution is 2.43. The van der Waals surface area contributed by atoms with Gasteiger partial charge in [0.1, 0.15) is 6.61 Å². The van der Waals surface area contributed by atoms with Crippen LogP contribution in [0.4, 0.5) is 5.69 Å². The van der Waals surface area contributed by atoms with Crippen molar-refractivity contribution in [2.24, 2.45) is 0 Å². The van der Waals surface area contributed by atoms with Gasteiger partial charge < -0.3 is 15.4 Å². The third kappa shape index (κ3) is 6.29. The predicted molar refractivity (Wildman–Crippen MR) is 141 cm³/mol. The average molecular weight is 528 g/mol. The summed E-state index contributed by atoms with van der Waals surface area (Å²) in [5, 5.41) is 17.4. The molecule has 6 nitrogen and oxygen atoms in total. The Labute approximate surface area is 218 Å². The third-order valence-corrected chi connectivity index (χ3v) is 6.99. The summed E-state index contributed by atoms with van der Waals surface area (Å²) in [6, 6.07) is 14.5. The number of rotatable bonds is 8. The number of allylic oxidation sites excluding steroid dienone is 2. The Morgan fingerprint density at radius 3 is 2.63 bits per heavy atom. The van der Waals surface area contributed by atoms with Gasteiger partial charge in [-0.15, -0.1) is 0 Å². The second kappa shape index (κ2) is 12.0. The first-order chi connectivity index (χ1) is 16.8. The lowest BCUT2D eigenvalue weighted by molar-refractivity contribution is -0.138. The molecule has 1 unspecified atom stereocenters. The van der Waals surface area contributed by atoms with Crippen molar-refractivity contribution >= 4 is 52.5 Å². The van der Waals surface area contributed by atoms with Gasteiger partial charge in [0.2, 0.25) is 5.91 Å². The number of amides is 1. The van der Waals surface area contributed by atoms with Gasteiger partial charge in [-0.05, 0) is 43.2 Å². The summed E-state index contributed by atoms with van der Waals surface area (Å²) in [5.74, 6) is -1.58. The molecule has 0 aliphatic carbocycles. The van der Waals surface area contributed by atoms with Gasteiger partial charge in [-0.1, -0.05) is 71.9 Å². The van der Waals surface area contributed by atoms with E-state index in [1.165, 1.54) is 6.08 Å². The fraction of sp³-hybridized carbons (Fsp3) is 0.192. The zero-order valence-corrected chi connectivity index (χ0v) is 21.5. The molecule has 1 atom stereocenters. The zero-order chi connectivity index (χ0) is 25.5. The van der Waals surface area contributed by atoms with Crippen molar-refractivity contribution < 1.29 is 14.3 Å². The first-order valence-corrected chi connectivity index (χ1v) is 12.3. The number of nitrogens with one attached hydrogen (secondary N) is 2. The molecule has 2 aromatic carbocycles. The number of nitrogens with zero attached hydrogens (tertiary/aromatic N) is 1. The minimum Gasteiger partial charge on any atom is -0.458 e. The van der Waals surface area contributed by atoms with Crippen LogP contribution in [0.15, 0.2) is 77.0 Å². The van der Waals surface area contributed by atoms with Gasteiger partial charge in [0, 0.05) is 21.4 Å². The summed E-state index contributed by atoms with van der Waals surface area (Å²) in [6.45, 7) is 7.20. The lowest BCUT2D eigenvalue weighted by atomic mass is 9.82. The van der Waals surface area contributed by atoms with Gasteiger partial charge in [-0.25, -0.2) is 4.79 Å². The number of carbonyl (C=O) groups is 2. The van der Waals surface area contributed by atoms with E-state index in [0.29, 0.717) is 32.0 Å². The number of esters is 1. The van der Waals surface area contributed by atoms with Crippen LogP contribution in [0.5, 0.6) is 0 Å². The van der Waals surface area contributed by atoms with E-state index in [0.717, 1.165) is 17.3 Å². The molecule has 0 saturated heterocycles. The second-order valence-corrected chi connectivity index (χ2v) is 9.46. The smallest absolute Gasteiger partial charge is 0.337 e. The Morgan fingerprint density at radius 1 is 1.23 bits per heavy atom. The largest absolute Gasteiger partial charge is 0.458 e. The molecule has 0 radical (unpaired) electrons. The Kier molecular flexibility index (Phi) is 9.05. The van der Waals surface area contributed by atoms with Crippen molar-refractivity contribution in [3.63, 3.8) is 0 Å². The topological polar surface area (TPSA) is 91.2 Å². The van der Waals surface area contributed by atoms with Gasteiger partial charge in [-0.3, -0.25) is 4.79 Å². The number of anilines is 1. The molecule has 0 aromatic heterocycles. The summed E-state index contributed by atoms with van der Waals surface area (Å²) >= 11 is 13.8. The molecule has 0 saturated carbocycles. The number of aryl methyl sites for hydroxylation is 1. The normalized spacial score (nSPS) is 15.2. The fourth-order valence-electron chi connectivity index (χ4n) is 3.53. The summed E-state index contributed by atoms with van der Waals surface area (Å²) in [6.07, 6.45) is 1.47.